The first-order chi connectivity index (χ1) is 10.5. The topological polar surface area (TPSA) is 80.0 Å². The van der Waals surface area contributed by atoms with E-state index >= 15 is 0 Å². The number of nitrogens with one attached hydrogen (secondary N) is 1. The minimum absolute atomic E-state index is 0.107. The first kappa shape index (κ1) is 15.2. The predicted molar refractivity (Wildman–Crippen MR) is 84.7 cm³/mol. The second kappa shape index (κ2) is 6.18. The van der Waals surface area contributed by atoms with E-state index in [1.807, 2.05) is 20.2 Å². The molecule has 1 aliphatic carbocycles. The van der Waals surface area contributed by atoms with Crippen LogP contribution in [0.5, 0.6) is 0 Å². The summed E-state index contributed by atoms with van der Waals surface area (Å²) in [6, 6.07) is 0. The van der Waals surface area contributed by atoms with E-state index < -0.39 is 0 Å². The lowest BCUT2D eigenvalue weighted by Gasteiger charge is -2.14. The number of amides is 1. The summed E-state index contributed by atoms with van der Waals surface area (Å²) in [7, 11) is 1.85. The minimum Gasteiger partial charge on any atom is -0.393 e. The highest BCUT2D eigenvalue weighted by Crippen LogP contribution is 2.28. The van der Waals surface area contributed by atoms with Crippen molar-refractivity contribution in [1.29, 1.82) is 0 Å². The number of carbonyl (C=O) groups is 1. The number of rotatable bonds is 4. The van der Waals surface area contributed by atoms with Gasteiger partial charge >= 0.3 is 0 Å². The first-order valence-corrected chi connectivity index (χ1v) is 8.29. The van der Waals surface area contributed by atoms with Crippen LogP contribution in [-0.4, -0.2) is 38.4 Å². The number of aliphatic hydroxyl groups is 1. The van der Waals surface area contributed by atoms with Gasteiger partial charge in [0.2, 0.25) is 0 Å². The number of nitrogens with zero attached hydrogens (tertiary/aromatic N) is 3. The molecule has 2 heterocycles. The van der Waals surface area contributed by atoms with Gasteiger partial charge in [-0.05, 0) is 19.8 Å². The molecule has 0 spiro atoms. The number of thiazole rings is 1. The zero-order valence-corrected chi connectivity index (χ0v) is 13.6. The highest BCUT2D eigenvalue weighted by atomic mass is 32.1. The van der Waals surface area contributed by atoms with Crippen LogP contribution in [0.4, 0.5) is 0 Å². The standard InChI is InChI=1S/C15H20N4O2S/c1-9-13(14(21)16-6-10-4-3-5-12(10)20)22-15(18-9)11-7-17-19(2)8-11/h7-8,10,12,20H,3-6H2,1-2H3,(H,16,21). The molecule has 118 valence electrons. The molecule has 0 aromatic carbocycles. The number of aliphatic hydroxyl groups excluding tert-OH is 1. The lowest BCUT2D eigenvalue weighted by atomic mass is 10.1. The number of hydrogen-bond donors (Lipinski definition) is 2. The Bertz CT molecular complexity index is 679. The molecule has 7 heteroatoms. The lowest BCUT2D eigenvalue weighted by Crippen LogP contribution is -2.32. The Labute approximate surface area is 133 Å². The quantitative estimate of drug-likeness (QED) is 0.899. The zero-order chi connectivity index (χ0) is 15.7. The van der Waals surface area contributed by atoms with Crippen LogP contribution in [0.25, 0.3) is 10.6 Å². The Hall–Kier alpha value is -1.73. The molecule has 2 aromatic heterocycles. The maximum Gasteiger partial charge on any atom is 0.263 e. The van der Waals surface area contributed by atoms with Crippen LogP contribution in [-0.2, 0) is 7.05 Å². The van der Waals surface area contributed by atoms with Gasteiger partial charge in [0.05, 0.1) is 18.0 Å². The van der Waals surface area contributed by atoms with Gasteiger partial charge in [0.25, 0.3) is 5.91 Å². The van der Waals surface area contributed by atoms with Crippen molar-refractivity contribution in [1.82, 2.24) is 20.1 Å². The lowest BCUT2D eigenvalue weighted by molar-refractivity contribution is 0.0920. The van der Waals surface area contributed by atoms with E-state index in [9.17, 15) is 9.90 Å². The number of carbonyl (C=O) groups excluding carboxylic acids is 1. The normalized spacial score (nSPS) is 21.2. The third-order valence-corrected chi connectivity index (χ3v) is 5.30. The molecule has 22 heavy (non-hydrogen) atoms. The second-order valence-corrected chi connectivity index (χ2v) is 6.80. The number of aromatic nitrogens is 3. The van der Waals surface area contributed by atoms with Gasteiger partial charge in [0, 0.05) is 31.3 Å². The van der Waals surface area contributed by atoms with Crippen LogP contribution < -0.4 is 5.32 Å². The molecule has 0 radical (unpaired) electrons. The fourth-order valence-corrected chi connectivity index (χ4v) is 3.78. The fourth-order valence-electron chi connectivity index (χ4n) is 2.82. The molecule has 6 nitrogen and oxygen atoms in total. The minimum atomic E-state index is -0.284. The van der Waals surface area contributed by atoms with Crippen molar-refractivity contribution in [2.75, 3.05) is 6.54 Å². The summed E-state index contributed by atoms with van der Waals surface area (Å²) in [6.07, 6.45) is 6.19. The van der Waals surface area contributed by atoms with E-state index in [0.29, 0.717) is 11.4 Å². The second-order valence-electron chi connectivity index (χ2n) is 5.80. The van der Waals surface area contributed by atoms with E-state index in [4.69, 9.17) is 0 Å². The zero-order valence-electron chi connectivity index (χ0n) is 12.7. The van der Waals surface area contributed by atoms with Crippen molar-refractivity contribution < 1.29 is 9.90 Å². The van der Waals surface area contributed by atoms with Crippen LogP contribution in [0.1, 0.15) is 34.6 Å². The Morgan fingerprint density at radius 2 is 2.36 bits per heavy atom. The van der Waals surface area contributed by atoms with Gasteiger partial charge in [0.1, 0.15) is 9.88 Å². The van der Waals surface area contributed by atoms with Crippen LogP contribution in [0, 0.1) is 12.8 Å². The first-order valence-electron chi connectivity index (χ1n) is 7.47. The molecule has 1 fully saturated rings. The van der Waals surface area contributed by atoms with Crippen LogP contribution in [0.3, 0.4) is 0 Å². The molecule has 3 rings (SSSR count). The van der Waals surface area contributed by atoms with Crippen molar-refractivity contribution >= 4 is 17.2 Å². The summed E-state index contributed by atoms with van der Waals surface area (Å²) in [5, 5.41) is 17.7. The third-order valence-electron chi connectivity index (χ3n) is 4.10. The van der Waals surface area contributed by atoms with E-state index in [2.05, 4.69) is 15.4 Å². The molecule has 2 aromatic rings. The molecule has 0 aliphatic heterocycles. The largest absolute Gasteiger partial charge is 0.393 e. The van der Waals surface area contributed by atoms with Crippen molar-refractivity contribution in [2.24, 2.45) is 13.0 Å². The van der Waals surface area contributed by atoms with Crippen molar-refractivity contribution in [3.63, 3.8) is 0 Å². The van der Waals surface area contributed by atoms with Crippen LogP contribution in [0.15, 0.2) is 12.4 Å². The Morgan fingerprint density at radius 1 is 1.55 bits per heavy atom. The highest BCUT2D eigenvalue weighted by molar-refractivity contribution is 7.17. The van der Waals surface area contributed by atoms with E-state index in [0.717, 1.165) is 35.5 Å². The monoisotopic (exact) mass is 320 g/mol. The van der Waals surface area contributed by atoms with Crippen molar-refractivity contribution in [3.05, 3.63) is 23.0 Å². The van der Waals surface area contributed by atoms with Gasteiger partial charge in [-0.15, -0.1) is 11.3 Å². The number of hydrogen-bond acceptors (Lipinski definition) is 5. The number of aryl methyl sites for hydroxylation is 2. The SMILES string of the molecule is Cc1nc(-c2cnn(C)c2)sc1C(=O)NCC1CCCC1O. The summed E-state index contributed by atoms with van der Waals surface area (Å²) < 4.78 is 1.72. The molecule has 2 unspecified atom stereocenters. The molecular weight excluding hydrogens is 300 g/mol. The summed E-state index contributed by atoms with van der Waals surface area (Å²) in [6.45, 7) is 2.37. The Kier molecular flexibility index (Phi) is 4.26. The predicted octanol–water partition coefficient (Wildman–Crippen LogP) is 1.74. The van der Waals surface area contributed by atoms with Gasteiger partial charge in [-0.1, -0.05) is 6.42 Å². The molecule has 2 atom stereocenters. The molecule has 1 saturated carbocycles. The molecule has 0 bridgehead atoms. The van der Waals surface area contributed by atoms with Gasteiger partial charge < -0.3 is 10.4 Å². The summed E-state index contributed by atoms with van der Waals surface area (Å²) in [5.41, 5.74) is 1.65. The summed E-state index contributed by atoms with van der Waals surface area (Å²) in [4.78, 5) is 17.4. The molecule has 1 aliphatic rings. The molecule has 1 amide bonds. The summed E-state index contributed by atoms with van der Waals surface area (Å²) >= 11 is 1.38. The highest BCUT2D eigenvalue weighted by Gasteiger charge is 2.26. The maximum atomic E-state index is 12.3. The van der Waals surface area contributed by atoms with Gasteiger partial charge in [0.15, 0.2) is 0 Å². The van der Waals surface area contributed by atoms with E-state index in [1.54, 1.807) is 10.9 Å². The van der Waals surface area contributed by atoms with Gasteiger partial charge in [-0.2, -0.15) is 5.10 Å². The van der Waals surface area contributed by atoms with Crippen LogP contribution in [0.2, 0.25) is 0 Å². The molecular formula is C15H20N4O2S. The fraction of sp³-hybridized carbons (Fsp3) is 0.533. The molecule has 2 N–H and O–H groups in total. The average Bonchev–Trinajstić information content (AvgIpc) is 3.17. The smallest absolute Gasteiger partial charge is 0.263 e. The van der Waals surface area contributed by atoms with Gasteiger partial charge in [-0.3, -0.25) is 9.48 Å². The van der Waals surface area contributed by atoms with E-state index in [1.165, 1.54) is 11.3 Å². The van der Waals surface area contributed by atoms with Crippen LogP contribution >= 0.6 is 11.3 Å². The van der Waals surface area contributed by atoms with Crippen molar-refractivity contribution in [3.8, 4) is 10.6 Å². The van der Waals surface area contributed by atoms with Gasteiger partial charge in [-0.25, -0.2) is 4.98 Å². The molecule has 0 saturated heterocycles. The average molecular weight is 320 g/mol. The Morgan fingerprint density at radius 3 is 3.00 bits per heavy atom. The van der Waals surface area contributed by atoms with E-state index in [-0.39, 0.29) is 17.9 Å². The summed E-state index contributed by atoms with van der Waals surface area (Å²) in [5.74, 6) is 0.0687. The third kappa shape index (κ3) is 3.05. The van der Waals surface area contributed by atoms with Crippen molar-refractivity contribution in [2.45, 2.75) is 32.3 Å². The Balaban J connectivity index is 1.69. The maximum absolute atomic E-state index is 12.3.